The average Bonchev–Trinajstić information content (AvgIpc) is 2.88. The van der Waals surface area contributed by atoms with Crippen LogP contribution in [0.5, 0.6) is 0 Å². The number of aromatic nitrogens is 1. The summed E-state index contributed by atoms with van der Waals surface area (Å²) in [6.07, 6.45) is 0. The molecule has 0 aliphatic rings. The van der Waals surface area contributed by atoms with Crippen LogP contribution < -0.4 is 0 Å². The molecule has 1 aromatic carbocycles. The number of carbonyl (C=O) groups is 1. The van der Waals surface area contributed by atoms with Crippen molar-refractivity contribution in [2.75, 3.05) is 6.61 Å². The second kappa shape index (κ2) is 7.04. The highest BCUT2D eigenvalue weighted by Gasteiger charge is 2.27. The van der Waals surface area contributed by atoms with Gasteiger partial charge >= 0.3 is 5.97 Å². The molecule has 0 bridgehead atoms. The predicted octanol–water partition coefficient (Wildman–Crippen LogP) is 3.84. The highest BCUT2D eigenvalue weighted by atomic mass is 16.5. The fourth-order valence-electron chi connectivity index (χ4n) is 2.64. The Morgan fingerprint density at radius 3 is 2.62 bits per heavy atom. The summed E-state index contributed by atoms with van der Waals surface area (Å²) < 4.78 is 10.1. The lowest BCUT2D eigenvalue weighted by molar-refractivity contribution is -0.143. The summed E-state index contributed by atoms with van der Waals surface area (Å²) in [7, 11) is 0. The first-order chi connectivity index (χ1) is 11.4. The van der Waals surface area contributed by atoms with Gasteiger partial charge in [-0.1, -0.05) is 11.2 Å². The number of hydrogen-bond acceptors (Lipinski definition) is 7. The highest BCUT2D eigenvalue weighted by Crippen LogP contribution is 2.37. The minimum absolute atomic E-state index is 0.0233. The number of hydrogen-bond donors (Lipinski definition) is 0. The lowest BCUT2D eigenvalue weighted by atomic mass is 9.91. The summed E-state index contributed by atoms with van der Waals surface area (Å²) in [5.74, 6) is -1.29. The number of nitroso groups, excluding NO2 is 1. The number of aryl methyl sites for hydroxylation is 3. The molecular formula is C17H17N3O4. The molecule has 1 unspecified atom stereocenters. The lowest BCUT2D eigenvalue weighted by Gasteiger charge is -2.14. The molecule has 0 fully saturated rings. The molecule has 1 atom stereocenters. The smallest absolute Gasteiger partial charge is 0.327 e. The molecule has 1 aromatic heterocycles. The van der Waals surface area contributed by atoms with Crippen molar-refractivity contribution < 1.29 is 14.1 Å². The minimum atomic E-state index is -1.20. The van der Waals surface area contributed by atoms with Crippen LogP contribution in [0, 0.1) is 37.0 Å². The van der Waals surface area contributed by atoms with Gasteiger partial charge < -0.3 is 9.26 Å². The zero-order valence-electron chi connectivity index (χ0n) is 13.9. The summed E-state index contributed by atoms with van der Waals surface area (Å²) in [5.41, 5.74) is 3.21. The van der Waals surface area contributed by atoms with Crippen molar-refractivity contribution in [2.24, 2.45) is 5.18 Å². The second-order valence-electron chi connectivity index (χ2n) is 5.33. The minimum Gasteiger partial charge on any atom is -0.465 e. The monoisotopic (exact) mass is 327 g/mol. The Morgan fingerprint density at radius 2 is 2.12 bits per heavy atom. The molecule has 7 heteroatoms. The van der Waals surface area contributed by atoms with Gasteiger partial charge in [-0.3, -0.25) is 4.79 Å². The zero-order chi connectivity index (χ0) is 17.9. The van der Waals surface area contributed by atoms with E-state index in [-0.39, 0.29) is 17.9 Å². The topological polar surface area (TPSA) is 106 Å². The molecule has 1 heterocycles. The first kappa shape index (κ1) is 17.3. The van der Waals surface area contributed by atoms with E-state index in [0.717, 1.165) is 16.7 Å². The number of esters is 1. The number of carbonyl (C=O) groups excluding carboxylic acids is 1. The van der Waals surface area contributed by atoms with E-state index in [0.29, 0.717) is 11.5 Å². The van der Waals surface area contributed by atoms with Crippen LogP contribution >= 0.6 is 0 Å². The molecule has 2 aromatic rings. The molecule has 0 saturated carbocycles. The van der Waals surface area contributed by atoms with Crippen molar-refractivity contribution in [2.45, 2.75) is 33.6 Å². The molecule has 0 aliphatic heterocycles. The van der Waals surface area contributed by atoms with E-state index in [1.807, 2.05) is 13.0 Å². The van der Waals surface area contributed by atoms with E-state index < -0.39 is 11.9 Å². The van der Waals surface area contributed by atoms with E-state index in [1.54, 1.807) is 32.9 Å². The fourth-order valence-corrected chi connectivity index (χ4v) is 2.64. The predicted molar refractivity (Wildman–Crippen MR) is 86.6 cm³/mol. The van der Waals surface area contributed by atoms with Crippen molar-refractivity contribution in [1.82, 2.24) is 5.16 Å². The summed E-state index contributed by atoms with van der Waals surface area (Å²) in [4.78, 5) is 23.2. The Morgan fingerprint density at radius 1 is 1.42 bits per heavy atom. The van der Waals surface area contributed by atoms with Gasteiger partial charge in [0.15, 0.2) is 5.92 Å². The molecule has 0 amide bonds. The van der Waals surface area contributed by atoms with Gasteiger partial charge in [0.1, 0.15) is 11.4 Å². The Balaban J connectivity index is 2.62. The molecule has 0 N–H and O–H groups in total. The third kappa shape index (κ3) is 3.04. The number of rotatable bonds is 5. The third-order valence-corrected chi connectivity index (χ3v) is 3.74. The molecule has 0 spiro atoms. The summed E-state index contributed by atoms with van der Waals surface area (Å²) in [6, 6.07) is 5.04. The maximum absolute atomic E-state index is 12.0. The summed E-state index contributed by atoms with van der Waals surface area (Å²) in [5, 5.41) is 16.2. The fraction of sp³-hybridized carbons (Fsp3) is 0.353. The zero-order valence-corrected chi connectivity index (χ0v) is 13.9. The van der Waals surface area contributed by atoms with Crippen LogP contribution in [0.15, 0.2) is 21.8 Å². The number of benzene rings is 1. The van der Waals surface area contributed by atoms with Crippen LogP contribution in [-0.4, -0.2) is 17.7 Å². The van der Waals surface area contributed by atoms with Gasteiger partial charge in [-0.25, -0.2) is 0 Å². The van der Waals surface area contributed by atoms with Crippen molar-refractivity contribution >= 4 is 11.7 Å². The van der Waals surface area contributed by atoms with E-state index in [4.69, 9.17) is 9.26 Å². The standard InChI is InChI=1S/C17H17N3O4/c1-5-23-17(21)14(8-18)13-6-9(2)12(7-15(13)19-22)16-10(3)20-24-11(16)4/h6-7,14H,5H2,1-4H3. The van der Waals surface area contributed by atoms with Crippen molar-refractivity contribution in [1.29, 1.82) is 5.26 Å². The van der Waals surface area contributed by atoms with E-state index in [9.17, 15) is 15.0 Å². The first-order valence-electron chi connectivity index (χ1n) is 7.41. The molecule has 24 heavy (non-hydrogen) atoms. The van der Waals surface area contributed by atoms with Gasteiger partial charge in [-0.2, -0.15) is 5.26 Å². The van der Waals surface area contributed by atoms with Crippen LogP contribution in [0.1, 0.15) is 35.4 Å². The molecule has 2 rings (SSSR count). The van der Waals surface area contributed by atoms with Crippen molar-refractivity contribution in [3.63, 3.8) is 0 Å². The van der Waals surface area contributed by atoms with Crippen molar-refractivity contribution in [3.8, 4) is 17.2 Å². The lowest BCUT2D eigenvalue weighted by Crippen LogP contribution is -2.15. The Labute approximate surface area is 139 Å². The van der Waals surface area contributed by atoms with Crippen LogP contribution in [0.3, 0.4) is 0 Å². The third-order valence-electron chi connectivity index (χ3n) is 3.74. The largest absolute Gasteiger partial charge is 0.465 e. The average molecular weight is 327 g/mol. The molecule has 0 radical (unpaired) electrons. The Kier molecular flexibility index (Phi) is 5.09. The SMILES string of the molecule is CCOC(=O)C(C#N)c1cc(C)c(-c2c(C)noc2C)cc1N=O. The van der Waals surface area contributed by atoms with E-state index >= 15 is 0 Å². The molecule has 7 nitrogen and oxygen atoms in total. The van der Waals surface area contributed by atoms with Gasteiger partial charge in [0.2, 0.25) is 0 Å². The van der Waals surface area contributed by atoms with Crippen LogP contribution in [-0.2, 0) is 9.53 Å². The highest BCUT2D eigenvalue weighted by molar-refractivity contribution is 5.85. The Bertz CT molecular complexity index is 814. The van der Waals surface area contributed by atoms with Gasteiger partial charge in [-0.15, -0.1) is 4.91 Å². The molecule has 124 valence electrons. The summed E-state index contributed by atoms with van der Waals surface area (Å²) >= 11 is 0. The maximum atomic E-state index is 12.0. The maximum Gasteiger partial charge on any atom is 0.327 e. The van der Waals surface area contributed by atoms with Gasteiger partial charge in [0.25, 0.3) is 0 Å². The van der Waals surface area contributed by atoms with Crippen molar-refractivity contribution in [3.05, 3.63) is 39.6 Å². The van der Waals surface area contributed by atoms with Crippen LogP contribution in [0.4, 0.5) is 5.69 Å². The first-order valence-corrected chi connectivity index (χ1v) is 7.41. The van der Waals surface area contributed by atoms with Gasteiger partial charge in [0.05, 0.1) is 18.4 Å². The van der Waals surface area contributed by atoms with E-state index in [2.05, 4.69) is 10.3 Å². The summed E-state index contributed by atoms with van der Waals surface area (Å²) in [6.45, 7) is 7.18. The number of ether oxygens (including phenoxy) is 1. The van der Waals surface area contributed by atoms with E-state index in [1.165, 1.54) is 0 Å². The molecular weight excluding hydrogens is 310 g/mol. The molecule has 0 aliphatic carbocycles. The van der Waals surface area contributed by atoms with Gasteiger partial charge in [0, 0.05) is 11.1 Å². The Hall–Kier alpha value is -3.01. The number of nitriles is 1. The number of nitrogens with zero attached hydrogens (tertiary/aromatic N) is 3. The molecule has 0 saturated heterocycles. The van der Waals surface area contributed by atoms with Crippen LogP contribution in [0.25, 0.3) is 11.1 Å². The normalized spacial score (nSPS) is 11.6. The quantitative estimate of drug-likeness (QED) is 0.610. The van der Waals surface area contributed by atoms with Crippen LogP contribution in [0.2, 0.25) is 0 Å². The second-order valence-corrected chi connectivity index (χ2v) is 5.33. The van der Waals surface area contributed by atoms with Gasteiger partial charge in [-0.05, 0) is 50.1 Å².